The van der Waals surface area contributed by atoms with Crippen molar-refractivity contribution < 1.29 is 14.1 Å². The molecule has 1 aromatic carbocycles. The summed E-state index contributed by atoms with van der Waals surface area (Å²) in [4.78, 5) is 45.8. The average molecular weight is 465 g/mol. The molecule has 0 atom stereocenters. The minimum Gasteiger partial charge on any atom is -0.339 e. The number of fused-ring (bicyclic) bond motifs is 1. The highest BCUT2D eigenvalue weighted by Crippen LogP contribution is 2.14. The van der Waals surface area contributed by atoms with Gasteiger partial charge in [0.1, 0.15) is 6.33 Å². The van der Waals surface area contributed by atoms with E-state index in [1.807, 2.05) is 0 Å². The third kappa shape index (κ3) is 5.14. The number of carbonyl (C=O) groups excluding carboxylic acids is 2. The Morgan fingerprint density at radius 1 is 1.15 bits per heavy atom. The van der Waals surface area contributed by atoms with Gasteiger partial charge < -0.3 is 4.52 Å². The molecule has 0 aliphatic rings. The molecule has 3 heterocycles. The molecule has 13 nitrogen and oxygen atoms in total. The van der Waals surface area contributed by atoms with Gasteiger partial charge in [-0.1, -0.05) is 43.1 Å². The molecule has 4 aromatic rings. The highest BCUT2D eigenvalue weighted by atomic mass is 16.5. The smallest absolute Gasteiger partial charge is 0.290 e. The molecule has 0 unspecified atom stereocenters. The number of rotatable bonds is 9. The summed E-state index contributed by atoms with van der Waals surface area (Å²) in [5.74, 6) is -0.275. The van der Waals surface area contributed by atoms with Crippen LogP contribution in [0.3, 0.4) is 0 Å². The molecule has 0 saturated carbocycles. The molecule has 0 radical (unpaired) electrons. The molecule has 3 N–H and O–H groups in total. The van der Waals surface area contributed by atoms with E-state index in [0.717, 1.165) is 19.3 Å². The minimum atomic E-state index is -0.626. The molecular formula is C21H23N9O4. The molecule has 0 aliphatic carbocycles. The van der Waals surface area contributed by atoms with E-state index in [9.17, 15) is 14.4 Å². The highest BCUT2D eigenvalue weighted by molar-refractivity contribution is 6.05. The van der Waals surface area contributed by atoms with E-state index >= 15 is 0 Å². The maximum atomic E-state index is 12.8. The molecule has 0 fully saturated rings. The van der Waals surface area contributed by atoms with Crippen molar-refractivity contribution in [3.63, 3.8) is 0 Å². The van der Waals surface area contributed by atoms with Crippen molar-refractivity contribution in [1.82, 2.24) is 46.0 Å². The number of aryl methyl sites for hydroxylation is 2. The maximum Gasteiger partial charge on any atom is 0.290 e. The predicted octanol–water partition coefficient (Wildman–Crippen LogP) is 1.15. The van der Waals surface area contributed by atoms with E-state index in [1.165, 1.54) is 11.0 Å². The topological polar surface area (TPSA) is 174 Å². The summed E-state index contributed by atoms with van der Waals surface area (Å²) in [6.07, 6.45) is 4.17. The van der Waals surface area contributed by atoms with Gasteiger partial charge in [-0.15, -0.1) is 0 Å². The molecule has 34 heavy (non-hydrogen) atoms. The van der Waals surface area contributed by atoms with Crippen molar-refractivity contribution in [1.29, 1.82) is 0 Å². The minimum absolute atomic E-state index is 0.0109. The van der Waals surface area contributed by atoms with Crippen LogP contribution in [0.25, 0.3) is 22.4 Å². The first-order valence-corrected chi connectivity index (χ1v) is 10.8. The van der Waals surface area contributed by atoms with Gasteiger partial charge in [-0.2, -0.15) is 15.2 Å². The Kier molecular flexibility index (Phi) is 7.01. The van der Waals surface area contributed by atoms with Crippen molar-refractivity contribution in [3.8, 4) is 11.6 Å². The van der Waals surface area contributed by atoms with Crippen LogP contribution in [0.2, 0.25) is 0 Å². The SMILES string of the molecule is CCCCCn1nc(C(=O)NNC(=O)CCc2nc(-c3ncn[nH]3)no2)c2ccccc2c1=O. The summed E-state index contributed by atoms with van der Waals surface area (Å²) in [7, 11) is 0. The molecule has 0 spiro atoms. The first-order valence-electron chi connectivity index (χ1n) is 10.8. The normalized spacial score (nSPS) is 11.0. The Morgan fingerprint density at radius 3 is 2.74 bits per heavy atom. The lowest BCUT2D eigenvalue weighted by Gasteiger charge is -2.11. The lowest BCUT2D eigenvalue weighted by molar-refractivity contribution is -0.121. The molecule has 13 heteroatoms. The Balaban J connectivity index is 1.39. The summed E-state index contributed by atoms with van der Waals surface area (Å²) in [5.41, 5.74) is 4.52. The molecule has 0 saturated heterocycles. The summed E-state index contributed by atoms with van der Waals surface area (Å²) < 4.78 is 6.39. The van der Waals surface area contributed by atoms with Crippen LogP contribution in [0, 0.1) is 0 Å². The second-order valence-corrected chi connectivity index (χ2v) is 7.48. The van der Waals surface area contributed by atoms with Crippen molar-refractivity contribution in [2.75, 3.05) is 0 Å². The summed E-state index contributed by atoms with van der Waals surface area (Å²) in [6.45, 7) is 2.47. The molecule has 176 valence electrons. The van der Waals surface area contributed by atoms with E-state index in [0.29, 0.717) is 23.1 Å². The molecule has 3 aromatic heterocycles. The first kappa shape index (κ1) is 22.8. The van der Waals surface area contributed by atoms with E-state index in [2.05, 4.69) is 48.2 Å². The molecule has 4 rings (SSSR count). The number of carbonyl (C=O) groups is 2. The predicted molar refractivity (Wildman–Crippen MR) is 119 cm³/mol. The Morgan fingerprint density at radius 2 is 1.97 bits per heavy atom. The van der Waals surface area contributed by atoms with Gasteiger partial charge in [0, 0.05) is 24.8 Å². The number of H-pyrrole nitrogens is 1. The van der Waals surface area contributed by atoms with E-state index in [-0.39, 0.29) is 35.8 Å². The van der Waals surface area contributed by atoms with E-state index in [1.54, 1.807) is 24.3 Å². The van der Waals surface area contributed by atoms with Gasteiger partial charge in [0.15, 0.2) is 11.5 Å². The standard InChI is InChI=1S/C21H23N9O4/c1-2-3-6-11-30-21(33)14-8-5-4-7-13(14)17(28-30)20(32)27-25-15(31)9-10-16-24-19(29-34-16)18-22-12-23-26-18/h4-5,7-8,12H,2-3,6,9-11H2,1H3,(H,25,31)(H,27,32)(H,22,23,26). The third-order valence-corrected chi connectivity index (χ3v) is 5.03. The van der Waals surface area contributed by atoms with Crippen LogP contribution in [-0.4, -0.2) is 46.9 Å². The van der Waals surface area contributed by atoms with Crippen LogP contribution in [0.1, 0.15) is 49.0 Å². The number of hydrogen-bond acceptors (Lipinski definition) is 9. The van der Waals surface area contributed by atoms with Gasteiger partial charge in [0.05, 0.1) is 5.39 Å². The number of nitrogens with one attached hydrogen (secondary N) is 3. The number of amides is 2. The molecule has 0 bridgehead atoms. The largest absolute Gasteiger partial charge is 0.339 e. The lowest BCUT2D eigenvalue weighted by Crippen LogP contribution is -2.43. The zero-order valence-corrected chi connectivity index (χ0v) is 18.4. The van der Waals surface area contributed by atoms with Crippen LogP contribution in [-0.2, 0) is 17.8 Å². The van der Waals surface area contributed by atoms with Gasteiger partial charge in [-0.3, -0.25) is 30.3 Å². The number of benzene rings is 1. The van der Waals surface area contributed by atoms with Crippen LogP contribution >= 0.6 is 0 Å². The number of aromatic nitrogens is 7. The van der Waals surface area contributed by atoms with Crippen LogP contribution < -0.4 is 16.4 Å². The fourth-order valence-corrected chi connectivity index (χ4v) is 3.30. The molecule has 2 amide bonds. The second-order valence-electron chi connectivity index (χ2n) is 7.48. The van der Waals surface area contributed by atoms with E-state index in [4.69, 9.17) is 4.52 Å². The highest BCUT2D eigenvalue weighted by Gasteiger charge is 2.18. The Hall–Kier alpha value is -4.42. The molecule has 0 aliphatic heterocycles. The Bertz CT molecular complexity index is 1340. The quantitative estimate of drug-likeness (QED) is 0.242. The summed E-state index contributed by atoms with van der Waals surface area (Å²) >= 11 is 0. The third-order valence-electron chi connectivity index (χ3n) is 5.03. The fraction of sp³-hybridized carbons (Fsp3) is 0.333. The maximum absolute atomic E-state index is 12.8. The number of hydrazine groups is 1. The first-order chi connectivity index (χ1) is 16.6. The van der Waals surface area contributed by atoms with Crippen LogP contribution in [0.5, 0.6) is 0 Å². The summed E-state index contributed by atoms with van der Waals surface area (Å²) in [5, 5.41) is 15.2. The van der Waals surface area contributed by atoms with Gasteiger partial charge in [-0.05, 0) is 12.5 Å². The number of aromatic amines is 1. The monoisotopic (exact) mass is 465 g/mol. The zero-order valence-electron chi connectivity index (χ0n) is 18.4. The second kappa shape index (κ2) is 10.5. The number of hydrogen-bond donors (Lipinski definition) is 3. The van der Waals surface area contributed by atoms with Crippen molar-refractivity contribution >= 4 is 22.6 Å². The van der Waals surface area contributed by atoms with Crippen LogP contribution in [0.4, 0.5) is 0 Å². The van der Waals surface area contributed by atoms with Gasteiger partial charge >= 0.3 is 0 Å². The average Bonchev–Trinajstić information content (AvgIpc) is 3.55. The van der Waals surface area contributed by atoms with Gasteiger partial charge in [0.25, 0.3) is 11.5 Å². The summed E-state index contributed by atoms with van der Waals surface area (Å²) in [6, 6.07) is 6.76. The molecular weight excluding hydrogens is 442 g/mol. The van der Waals surface area contributed by atoms with Crippen molar-refractivity contribution in [2.45, 2.75) is 45.6 Å². The van der Waals surface area contributed by atoms with Crippen molar-refractivity contribution in [2.24, 2.45) is 0 Å². The van der Waals surface area contributed by atoms with Crippen molar-refractivity contribution in [3.05, 3.63) is 52.5 Å². The van der Waals surface area contributed by atoms with E-state index < -0.39 is 11.8 Å². The zero-order chi connectivity index (χ0) is 23.9. The fourth-order valence-electron chi connectivity index (χ4n) is 3.30. The van der Waals surface area contributed by atoms with Gasteiger partial charge in [-0.25, -0.2) is 9.67 Å². The lowest BCUT2D eigenvalue weighted by atomic mass is 10.1. The van der Waals surface area contributed by atoms with Gasteiger partial charge in [0.2, 0.25) is 17.6 Å². The number of unbranched alkanes of at least 4 members (excludes halogenated alkanes) is 2. The number of nitrogens with zero attached hydrogens (tertiary/aromatic N) is 6. The Labute approximate surface area is 192 Å². The van der Waals surface area contributed by atoms with Crippen LogP contribution in [0.15, 0.2) is 39.9 Å².